The Kier molecular flexibility index (Phi) is 5.00. The molecule has 1 heterocycles. The van der Waals surface area contributed by atoms with Crippen molar-refractivity contribution in [3.63, 3.8) is 0 Å². The van der Waals surface area contributed by atoms with Crippen molar-refractivity contribution < 1.29 is 19.1 Å². The lowest BCUT2D eigenvalue weighted by molar-refractivity contribution is -0.123. The molecule has 7 heteroatoms. The molecule has 0 aliphatic carbocycles. The highest BCUT2D eigenvalue weighted by Gasteiger charge is 2.15. The zero-order valence-corrected chi connectivity index (χ0v) is 14.3. The van der Waals surface area contributed by atoms with E-state index < -0.39 is 5.91 Å². The summed E-state index contributed by atoms with van der Waals surface area (Å²) < 4.78 is 11.6. The molecule has 0 spiro atoms. The van der Waals surface area contributed by atoms with E-state index in [0.29, 0.717) is 17.9 Å². The molecule has 3 rings (SSSR count). The van der Waals surface area contributed by atoms with Crippen LogP contribution in [0.1, 0.15) is 15.9 Å². The van der Waals surface area contributed by atoms with Crippen molar-refractivity contribution in [3.8, 4) is 11.5 Å². The van der Waals surface area contributed by atoms with E-state index >= 15 is 0 Å². The van der Waals surface area contributed by atoms with Gasteiger partial charge in [-0.25, -0.2) is 0 Å². The number of amides is 2. The largest absolute Gasteiger partial charge is 0.493 e. The van der Waals surface area contributed by atoms with Crippen LogP contribution in [0.4, 0.5) is 0 Å². The highest BCUT2D eigenvalue weighted by molar-refractivity contribution is 9.10. The summed E-state index contributed by atoms with van der Waals surface area (Å²) in [4.78, 5) is 23.8. The van der Waals surface area contributed by atoms with Crippen LogP contribution in [0.5, 0.6) is 11.5 Å². The van der Waals surface area contributed by atoms with Crippen LogP contribution in [0.15, 0.2) is 46.9 Å². The van der Waals surface area contributed by atoms with Crippen LogP contribution < -0.4 is 20.3 Å². The topological polar surface area (TPSA) is 76.7 Å². The van der Waals surface area contributed by atoms with Gasteiger partial charge in [0.2, 0.25) is 0 Å². The molecule has 0 saturated carbocycles. The lowest BCUT2D eigenvalue weighted by Gasteiger charge is -2.09. The first-order valence-electron chi connectivity index (χ1n) is 7.35. The highest BCUT2D eigenvalue weighted by atomic mass is 79.9. The van der Waals surface area contributed by atoms with Gasteiger partial charge in [-0.2, -0.15) is 0 Å². The van der Waals surface area contributed by atoms with Gasteiger partial charge >= 0.3 is 0 Å². The summed E-state index contributed by atoms with van der Waals surface area (Å²) in [5.74, 6) is 0.536. The fourth-order valence-corrected chi connectivity index (χ4v) is 2.51. The van der Waals surface area contributed by atoms with Gasteiger partial charge in [0.1, 0.15) is 11.5 Å². The number of hydrogen-bond acceptors (Lipinski definition) is 4. The van der Waals surface area contributed by atoms with Crippen LogP contribution in [-0.4, -0.2) is 25.0 Å². The molecular formula is C17H15BrN2O4. The van der Waals surface area contributed by atoms with E-state index in [1.54, 1.807) is 30.3 Å². The minimum absolute atomic E-state index is 0.195. The summed E-state index contributed by atoms with van der Waals surface area (Å²) in [5, 5.41) is 0. The third-order valence-electron chi connectivity index (χ3n) is 3.45. The first kappa shape index (κ1) is 16.3. The molecule has 0 radical (unpaired) electrons. The predicted octanol–water partition coefficient (Wildman–Crippen LogP) is 2.22. The molecule has 1 aliphatic rings. The molecule has 1 aliphatic heterocycles. The number of ether oxygens (including phenoxy) is 2. The predicted molar refractivity (Wildman–Crippen MR) is 90.9 cm³/mol. The Labute approximate surface area is 147 Å². The fourth-order valence-electron chi connectivity index (χ4n) is 2.24. The molecule has 0 bridgehead atoms. The van der Waals surface area contributed by atoms with Crippen molar-refractivity contribution in [2.75, 3.05) is 13.2 Å². The van der Waals surface area contributed by atoms with Gasteiger partial charge in [-0.15, -0.1) is 0 Å². The van der Waals surface area contributed by atoms with E-state index in [-0.39, 0.29) is 12.5 Å². The Morgan fingerprint density at radius 1 is 1.12 bits per heavy atom. The van der Waals surface area contributed by atoms with Gasteiger partial charge in [0.05, 0.1) is 6.61 Å². The second-order valence-electron chi connectivity index (χ2n) is 5.17. The van der Waals surface area contributed by atoms with Crippen LogP contribution in [0.2, 0.25) is 0 Å². The van der Waals surface area contributed by atoms with E-state index in [4.69, 9.17) is 9.47 Å². The Hall–Kier alpha value is -2.54. The molecule has 0 aromatic heterocycles. The number of rotatable bonds is 4. The monoisotopic (exact) mass is 390 g/mol. The first-order chi connectivity index (χ1) is 11.6. The maximum Gasteiger partial charge on any atom is 0.276 e. The molecule has 2 N–H and O–H groups in total. The lowest BCUT2D eigenvalue weighted by atomic mass is 10.1. The van der Waals surface area contributed by atoms with Crippen molar-refractivity contribution in [1.29, 1.82) is 0 Å². The van der Waals surface area contributed by atoms with Crippen LogP contribution in [0, 0.1) is 0 Å². The van der Waals surface area contributed by atoms with Gasteiger partial charge in [0.15, 0.2) is 6.61 Å². The number of fused-ring (bicyclic) bond motifs is 1. The standard InChI is InChI=1S/C17H15BrN2O4/c18-13-2-4-14(5-3-13)24-10-16(21)19-20-17(22)12-1-6-15-11(9-12)7-8-23-15/h1-6,9H,7-8,10H2,(H,19,21)(H,20,22). The Bertz CT molecular complexity index is 762. The summed E-state index contributed by atoms with van der Waals surface area (Å²) in [6, 6.07) is 12.3. The number of halogens is 1. The molecule has 0 saturated heterocycles. The van der Waals surface area contributed by atoms with Gasteiger partial charge in [-0.1, -0.05) is 15.9 Å². The average molecular weight is 391 g/mol. The Balaban J connectivity index is 1.47. The van der Waals surface area contributed by atoms with E-state index in [9.17, 15) is 9.59 Å². The molecule has 24 heavy (non-hydrogen) atoms. The van der Waals surface area contributed by atoms with E-state index in [1.807, 2.05) is 12.1 Å². The summed E-state index contributed by atoms with van der Waals surface area (Å²) in [5.41, 5.74) is 6.15. The minimum atomic E-state index is -0.448. The van der Waals surface area contributed by atoms with E-state index in [1.165, 1.54) is 0 Å². The van der Waals surface area contributed by atoms with Gasteiger partial charge in [-0.3, -0.25) is 20.4 Å². The molecule has 2 aromatic rings. The van der Waals surface area contributed by atoms with E-state index in [0.717, 1.165) is 22.2 Å². The van der Waals surface area contributed by atoms with Crippen molar-refractivity contribution >= 4 is 27.7 Å². The molecule has 124 valence electrons. The van der Waals surface area contributed by atoms with Crippen molar-refractivity contribution in [1.82, 2.24) is 10.9 Å². The van der Waals surface area contributed by atoms with Gasteiger partial charge in [0.25, 0.3) is 11.8 Å². The molecule has 0 atom stereocenters. The lowest BCUT2D eigenvalue weighted by Crippen LogP contribution is -2.43. The zero-order chi connectivity index (χ0) is 16.9. The number of carbonyl (C=O) groups excluding carboxylic acids is 2. The highest BCUT2D eigenvalue weighted by Crippen LogP contribution is 2.25. The van der Waals surface area contributed by atoms with Crippen LogP contribution >= 0.6 is 15.9 Å². The summed E-state index contributed by atoms with van der Waals surface area (Å²) in [6.45, 7) is 0.435. The number of carbonyl (C=O) groups is 2. The van der Waals surface area contributed by atoms with Crippen molar-refractivity contribution in [3.05, 3.63) is 58.1 Å². The second kappa shape index (κ2) is 7.35. The van der Waals surface area contributed by atoms with Gasteiger partial charge in [-0.05, 0) is 48.0 Å². The van der Waals surface area contributed by atoms with Crippen LogP contribution in [-0.2, 0) is 11.2 Å². The zero-order valence-electron chi connectivity index (χ0n) is 12.7. The Morgan fingerprint density at radius 3 is 2.71 bits per heavy atom. The summed E-state index contributed by atoms with van der Waals surface area (Å²) >= 11 is 3.32. The van der Waals surface area contributed by atoms with E-state index in [2.05, 4.69) is 26.8 Å². The second-order valence-corrected chi connectivity index (χ2v) is 6.08. The normalized spacial score (nSPS) is 12.0. The fraction of sp³-hybridized carbons (Fsp3) is 0.176. The third kappa shape index (κ3) is 4.05. The maximum absolute atomic E-state index is 12.0. The molecule has 6 nitrogen and oxygen atoms in total. The number of benzene rings is 2. The maximum atomic E-state index is 12.0. The third-order valence-corrected chi connectivity index (χ3v) is 3.98. The molecule has 0 unspecified atom stereocenters. The smallest absolute Gasteiger partial charge is 0.276 e. The average Bonchev–Trinajstić information content (AvgIpc) is 3.06. The Morgan fingerprint density at radius 2 is 1.92 bits per heavy atom. The number of hydrazine groups is 1. The number of nitrogens with one attached hydrogen (secondary N) is 2. The van der Waals surface area contributed by atoms with Crippen molar-refractivity contribution in [2.45, 2.75) is 6.42 Å². The SMILES string of the molecule is O=C(COc1ccc(Br)cc1)NNC(=O)c1ccc2c(c1)CCO2. The van der Waals surface area contributed by atoms with Crippen molar-refractivity contribution in [2.24, 2.45) is 0 Å². The van der Waals surface area contributed by atoms with Gasteiger partial charge in [0, 0.05) is 16.5 Å². The molecule has 2 aromatic carbocycles. The van der Waals surface area contributed by atoms with Crippen LogP contribution in [0.3, 0.4) is 0 Å². The molecular weight excluding hydrogens is 376 g/mol. The quantitative estimate of drug-likeness (QED) is 0.784. The summed E-state index contributed by atoms with van der Waals surface area (Å²) in [6.07, 6.45) is 0.782. The molecule has 0 fully saturated rings. The van der Waals surface area contributed by atoms with Gasteiger partial charge < -0.3 is 9.47 Å². The summed E-state index contributed by atoms with van der Waals surface area (Å²) in [7, 11) is 0. The first-order valence-corrected chi connectivity index (χ1v) is 8.14. The minimum Gasteiger partial charge on any atom is -0.493 e. The van der Waals surface area contributed by atoms with Crippen LogP contribution in [0.25, 0.3) is 0 Å². The number of hydrogen-bond donors (Lipinski definition) is 2. The molecule has 2 amide bonds.